The monoisotopic (exact) mass is 295 g/mol. The van der Waals surface area contributed by atoms with Crippen molar-refractivity contribution in [2.75, 3.05) is 26.8 Å². The van der Waals surface area contributed by atoms with Crippen LogP contribution in [0.4, 0.5) is 0 Å². The molecule has 0 heterocycles. The van der Waals surface area contributed by atoms with E-state index in [1.807, 2.05) is 0 Å². The first-order chi connectivity index (χ1) is 10.0. The summed E-state index contributed by atoms with van der Waals surface area (Å²) in [5, 5.41) is 0. The maximum Gasteiger partial charge on any atom is 0.137 e. The molecule has 122 valence electrons. The average Bonchev–Trinajstić information content (AvgIpc) is 3.28. The Morgan fingerprint density at radius 2 is 1.90 bits per heavy atom. The summed E-state index contributed by atoms with van der Waals surface area (Å²) in [6.07, 6.45) is 5.71. The maximum absolute atomic E-state index is 12.3. The van der Waals surface area contributed by atoms with Gasteiger partial charge in [0, 0.05) is 38.6 Å². The molecule has 0 aromatic heterocycles. The van der Waals surface area contributed by atoms with Gasteiger partial charge in [-0.3, -0.25) is 9.69 Å². The zero-order valence-electron chi connectivity index (χ0n) is 14.3. The van der Waals surface area contributed by atoms with Crippen LogP contribution < -0.4 is 0 Å². The van der Waals surface area contributed by atoms with Crippen molar-refractivity contribution >= 4 is 5.78 Å². The van der Waals surface area contributed by atoms with Gasteiger partial charge in [0.25, 0.3) is 0 Å². The van der Waals surface area contributed by atoms with Gasteiger partial charge in [0.15, 0.2) is 0 Å². The van der Waals surface area contributed by atoms with Crippen LogP contribution in [0.1, 0.15) is 52.9 Å². The van der Waals surface area contributed by atoms with Gasteiger partial charge in [0.2, 0.25) is 0 Å². The van der Waals surface area contributed by atoms with Crippen LogP contribution in [-0.4, -0.2) is 43.5 Å². The van der Waals surface area contributed by atoms with Crippen LogP contribution in [0.3, 0.4) is 0 Å². The lowest BCUT2D eigenvalue weighted by Gasteiger charge is -2.36. The van der Waals surface area contributed by atoms with E-state index in [1.165, 1.54) is 12.8 Å². The summed E-state index contributed by atoms with van der Waals surface area (Å²) in [7, 11) is 1.76. The highest BCUT2D eigenvalue weighted by atomic mass is 16.5. The predicted molar refractivity (Wildman–Crippen MR) is 86.3 cm³/mol. The number of carbonyl (C=O) groups is 1. The highest BCUT2D eigenvalue weighted by molar-refractivity contribution is 5.82. The Bertz CT molecular complexity index is 338. The molecule has 0 aliphatic heterocycles. The summed E-state index contributed by atoms with van der Waals surface area (Å²) in [6, 6.07) is 0.604. The third-order valence-corrected chi connectivity index (χ3v) is 5.66. The maximum atomic E-state index is 12.3. The van der Waals surface area contributed by atoms with Crippen LogP contribution in [0.5, 0.6) is 0 Å². The molecule has 0 saturated heterocycles. The number of hydrogen-bond donors (Lipinski definition) is 0. The molecule has 0 aromatic rings. The molecule has 3 atom stereocenters. The number of carbonyl (C=O) groups excluding carboxylic acids is 1. The topological polar surface area (TPSA) is 29.5 Å². The van der Waals surface area contributed by atoms with Gasteiger partial charge in [0.1, 0.15) is 5.78 Å². The molecule has 3 unspecified atom stereocenters. The molecule has 3 heteroatoms. The smallest absolute Gasteiger partial charge is 0.137 e. The van der Waals surface area contributed by atoms with Crippen molar-refractivity contribution < 1.29 is 9.53 Å². The first-order valence-corrected chi connectivity index (χ1v) is 8.78. The van der Waals surface area contributed by atoms with E-state index >= 15 is 0 Å². The highest BCUT2D eigenvalue weighted by Gasteiger charge is 2.36. The molecule has 0 radical (unpaired) electrons. The Kier molecular flexibility index (Phi) is 6.24. The fraction of sp³-hybridized carbons (Fsp3) is 0.944. The molecule has 2 rings (SSSR count). The Hall–Kier alpha value is -0.410. The van der Waals surface area contributed by atoms with Crippen molar-refractivity contribution in [3.63, 3.8) is 0 Å². The zero-order valence-corrected chi connectivity index (χ0v) is 14.3. The van der Waals surface area contributed by atoms with Crippen molar-refractivity contribution in [2.45, 2.75) is 58.9 Å². The average molecular weight is 295 g/mol. The van der Waals surface area contributed by atoms with Gasteiger partial charge in [-0.2, -0.15) is 0 Å². The van der Waals surface area contributed by atoms with E-state index in [1.54, 1.807) is 7.11 Å². The third kappa shape index (κ3) is 4.79. The van der Waals surface area contributed by atoms with Crippen LogP contribution >= 0.6 is 0 Å². The summed E-state index contributed by atoms with van der Waals surface area (Å²) < 4.78 is 5.27. The molecule has 2 aliphatic rings. The molecule has 0 spiro atoms. The van der Waals surface area contributed by atoms with Crippen LogP contribution in [0.25, 0.3) is 0 Å². The summed E-state index contributed by atoms with van der Waals surface area (Å²) in [5.41, 5.74) is 0. The molecule has 3 nitrogen and oxygen atoms in total. The van der Waals surface area contributed by atoms with Gasteiger partial charge in [-0.25, -0.2) is 0 Å². The zero-order chi connectivity index (χ0) is 15.4. The molecule has 2 saturated carbocycles. The predicted octanol–water partition coefficient (Wildman–Crippen LogP) is 3.37. The lowest BCUT2D eigenvalue weighted by atomic mass is 9.75. The molecule has 21 heavy (non-hydrogen) atoms. The molecule has 0 N–H and O–H groups in total. The molecule has 0 aromatic carbocycles. The van der Waals surface area contributed by atoms with Crippen LogP contribution in [0, 0.1) is 23.7 Å². The van der Waals surface area contributed by atoms with E-state index in [-0.39, 0.29) is 5.92 Å². The van der Waals surface area contributed by atoms with E-state index in [0.717, 1.165) is 50.8 Å². The largest absolute Gasteiger partial charge is 0.383 e. The van der Waals surface area contributed by atoms with Crippen LogP contribution in [0.2, 0.25) is 0 Å². The minimum Gasteiger partial charge on any atom is -0.383 e. The molecule has 2 fully saturated rings. The Labute approximate surface area is 130 Å². The molecule has 0 amide bonds. The number of methoxy groups -OCH3 is 1. The molecule has 0 bridgehead atoms. The summed E-state index contributed by atoms with van der Waals surface area (Å²) >= 11 is 0. The lowest BCUT2D eigenvalue weighted by molar-refractivity contribution is -0.127. The second-order valence-electron chi connectivity index (χ2n) is 7.51. The standard InChI is InChI=1S/C18H33NO2/c1-13(2)16-7-8-18(20)17(11-16)12-19(9-10-21-4)14(3)15-5-6-15/h13-17H,5-12H2,1-4H3. The first-order valence-electron chi connectivity index (χ1n) is 8.78. The van der Waals surface area contributed by atoms with E-state index in [0.29, 0.717) is 17.7 Å². The summed E-state index contributed by atoms with van der Waals surface area (Å²) in [5.74, 6) is 3.03. The van der Waals surface area contributed by atoms with Crippen LogP contribution in [-0.2, 0) is 9.53 Å². The number of hydrogen-bond acceptors (Lipinski definition) is 3. The van der Waals surface area contributed by atoms with Crippen molar-refractivity contribution in [1.29, 1.82) is 0 Å². The Morgan fingerprint density at radius 1 is 1.19 bits per heavy atom. The lowest BCUT2D eigenvalue weighted by Crippen LogP contribution is -2.44. The fourth-order valence-electron chi connectivity index (χ4n) is 3.76. The van der Waals surface area contributed by atoms with Crippen molar-refractivity contribution in [1.82, 2.24) is 4.90 Å². The van der Waals surface area contributed by atoms with Crippen molar-refractivity contribution in [2.24, 2.45) is 23.7 Å². The molecule has 2 aliphatic carbocycles. The first kappa shape index (κ1) is 17.0. The van der Waals surface area contributed by atoms with Gasteiger partial charge in [-0.05, 0) is 50.4 Å². The summed E-state index contributed by atoms with van der Waals surface area (Å²) in [6.45, 7) is 9.61. The van der Waals surface area contributed by atoms with Gasteiger partial charge in [0.05, 0.1) is 6.61 Å². The minimum atomic E-state index is 0.254. The number of rotatable bonds is 8. The fourth-order valence-corrected chi connectivity index (χ4v) is 3.76. The van der Waals surface area contributed by atoms with Crippen molar-refractivity contribution in [3.8, 4) is 0 Å². The van der Waals surface area contributed by atoms with Gasteiger partial charge >= 0.3 is 0 Å². The molecular formula is C18H33NO2. The number of ether oxygens (including phenoxy) is 1. The van der Waals surface area contributed by atoms with E-state index < -0.39 is 0 Å². The van der Waals surface area contributed by atoms with E-state index in [2.05, 4.69) is 25.7 Å². The van der Waals surface area contributed by atoms with Gasteiger partial charge in [-0.15, -0.1) is 0 Å². The number of ketones is 1. The normalized spacial score (nSPS) is 28.4. The Morgan fingerprint density at radius 3 is 2.48 bits per heavy atom. The third-order valence-electron chi connectivity index (χ3n) is 5.66. The van der Waals surface area contributed by atoms with E-state index in [4.69, 9.17) is 4.74 Å². The SMILES string of the molecule is COCCN(CC1CC(C(C)C)CCC1=O)C(C)C1CC1. The minimum absolute atomic E-state index is 0.254. The number of Topliss-reactive ketones (excluding diaryl/α,β-unsaturated/α-hetero) is 1. The summed E-state index contributed by atoms with van der Waals surface area (Å²) in [4.78, 5) is 14.8. The highest BCUT2D eigenvalue weighted by Crippen LogP contribution is 2.37. The van der Waals surface area contributed by atoms with Gasteiger partial charge < -0.3 is 4.74 Å². The second kappa shape index (κ2) is 7.73. The van der Waals surface area contributed by atoms with Gasteiger partial charge in [-0.1, -0.05) is 13.8 Å². The van der Waals surface area contributed by atoms with E-state index in [9.17, 15) is 4.79 Å². The quantitative estimate of drug-likeness (QED) is 0.687. The van der Waals surface area contributed by atoms with Crippen LogP contribution in [0.15, 0.2) is 0 Å². The molecular weight excluding hydrogens is 262 g/mol. The number of nitrogens with zero attached hydrogens (tertiary/aromatic N) is 1. The van der Waals surface area contributed by atoms with Crippen molar-refractivity contribution in [3.05, 3.63) is 0 Å². The Balaban J connectivity index is 1.94. The second-order valence-corrected chi connectivity index (χ2v) is 7.51.